The number of benzene rings is 3. The van der Waals surface area contributed by atoms with Gasteiger partial charge in [0.25, 0.3) is 5.91 Å². The predicted octanol–water partition coefficient (Wildman–Crippen LogP) is 6.48. The summed E-state index contributed by atoms with van der Waals surface area (Å²) in [5.41, 5.74) is 7.39. The van der Waals surface area contributed by atoms with Gasteiger partial charge in [-0.1, -0.05) is 28.6 Å². The lowest BCUT2D eigenvalue weighted by molar-refractivity contribution is -0.192. The molecular formula is C30H31F3N4O7S. The van der Waals surface area contributed by atoms with Crippen LogP contribution in [0.1, 0.15) is 32.4 Å². The molecule has 1 amide bonds. The number of nitrogen functional groups attached to an aromatic ring is 1. The second-order valence-electron chi connectivity index (χ2n) is 9.33. The molecule has 4 rings (SSSR count). The van der Waals surface area contributed by atoms with Crippen molar-refractivity contribution in [2.75, 3.05) is 17.7 Å². The summed E-state index contributed by atoms with van der Waals surface area (Å²) < 4.78 is 51.2. The van der Waals surface area contributed by atoms with Crippen LogP contribution in [0, 0.1) is 0 Å². The van der Waals surface area contributed by atoms with E-state index in [0.717, 1.165) is 16.5 Å². The highest BCUT2D eigenvalue weighted by molar-refractivity contribution is 7.93. The Hall–Kier alpha value is -4.89. The maximum Gasteiger partial charge on any atom is 0.490 e. The molecule has 15 heteroatoms. The van der Waals surface area contributed by atoms with Crippen molar-refractivity contribution in [3.63, 3.8) is 0 Å². The number of rotatable bonds is 12. The smallest absolute Gasteiger partial charge is 0.490 e. The fraction of sp³-hybridized carbons (Fsp3) is 0.233. The summed E-state index contributed by atoms with van der Waals surface area (Å²) in [5, 5.41) is 12.2. The van der Waals surface area contributed by atoms with Crippen LogP contribution < -0.4 is 30.1 Å². The van der Waals surface area contributed by atoms with Crippen molar-refractivity contribution in [3.05, 3.63) is 84.6 Å². The second-order valence-corrected chi connectivity index (χ2v) is 9.84. The number of nitrogens with one attached hydrogen (secondary N) is 2. The number of halogens is 3. The lowest BCUT2D eigenvalue weighted by atomic mass is 10.0. The third-order valence-electron chi connectivity index (χ3n) is 5.62. The van der Waals surface area contributed by atoms with Crippen LogP contribution in [0.3, 0.4) is 0 Å². The number of carboxylic acid groups (broad SMARTS) is 1. The molecule has 11 nitrogen and oxygen atoms in total. The van der Waals surface area contributed by atoms with Crippen LogP contribution in [0.4, 0.5) is 24.7 Å². The fourth-order valence-corrected chi connectivity index (χ4v) is 4.08. The molecule has 0 aliphatic carbocycles. The van der Waals surface area contributed by atoms with E-state index in [4.69, 9.17) is 34.3 Å². The summed E-state index contributed by atoms with van der Waals surface area (Å²) in [6, 6.07) is 21.1. The number of nitrogens with two attached hydrogens (primary N) is 1. The highest BCUT2D eigenvalue weighted by Crippen LogP contribution is 2.33. The molecule has 0 aliphatic rings. The first kappa shape index (κ1) is 34.6. The quantitative estimate of drug-likeness (QED) is 0.0439. The van der Waals surface area contributed by atoms with E-state index in [9.17, 15) is 18.0 Å². The summed E-state index contributed by atoms with van der Waals surface area (Å²) in [7, 11) is 0. The van der Waals surface area contributed by atoms with E-state index in [1.165, 1.54) is 0 Å². The molecule has 4 aromatic rings. The normalized spacial score (nSPS) is 11.6. The van der Waals surface area contributed by atoms with Crippen LogP contribution in [-0.2, 0) is 13.9 Å². The highest BCUT2D eigenvalue weighted by Gasteiger charge is 2.38. The number of ether oxygens (including phenoxy) is 2. The van der Waals surface area contributed by atoms with E-state index in [-0.39, 0.29) is 12.0 Å². The Morgan fingerprint density at radius 2 is 1.73 bits per heavy atom. The minimum Gasteiger partial charge on any atom is -0.490 e. The third-order valence-corrected chi connectivity index (χ3v) is 6.04. The fourth-order valence-electron chi connectivity index (χ4n) is 3.73. The van der Waals surface area contributed by atoms with Gasteiger partial charge in [0.05, 0.1) is 12.7 Å². The van der Waals surface area contributed by atoms with Crippen molar-refractivity contribution in [2.24, 2.45) is 0 Å². The number of alkyl halides is 3. The van der Waals surface area contributed by atoms with E-state index >= 15 is 0 Å². The SMILES string of the molecule is CCOc1cc(C(Nc2ccc3c(N)nccc3c2)C(=O)NSOOc2ccccc2)ccc1OC(C)C.O=C(O)C(F)(F)F. The summed E-state index contributed by atoms with van der Waals surface area (Å²) >= 11 is 0.678. The van der Waals surface area contributed by atoms with Crippen molar-refractivity contribution < 1.29 is 46.6 Å². The minimum absolute atomic E-state index is 0.0324. The monoisotopic (exact) mass is 648 g/mol. The number of amides is 1. The maximum atomic E-state index is 13.4. The summed E-state index contributed by atoms with van der Waals surface area (Å²) in [5.74, 6) is -1.01. The van der Waals surface area contributed by atoms with Gasteiger partial charge in [0.2, 0.25) is 0 Å². The topological polar surface area (TPSA) is 154 Å². The average Bonchev–Trinajstić information content (AvgIpc) is 2.99. The average molecular weight is 649 g/mol. The second kappa shape index (κ2) is 16.3. The molecule has 1 atom stereocenters. The Balaban J connectivity index is 0.000000707. The molecule has 0 saturated heterocycles. The number of aromatic nitrogens is 1. The van der Waals surface area contributed by atoms with E-state index in [1.807, 2.05) is 69.3 Å². The highest BCUT2D eigenvalue weighted by atomic mass is 32.2. The van der Waals surface area contributed by atoms with Crippen molar-refractivity contribution >= 4 is 46.4 Å². The Morgan fingerprint density at radius 1 is 1.02 bits per heavy atom. The number of para-hydroxylation sites is 1. The molecule has 240 valence electrons. The lowest BCUT2D eigenvalue weighted by Gasteiger charge is -2.22. The first-order valence-corrected chi connectivity index (χ1v) is 14.1. The third kappa shape index (κ3) is 10.7. The van der Waals surface area contributed by atoms with Crippen molar-refractivity contribution in [2.45, 2.75) is 39.1 Å². The van der Waals surface area contributed by atoms with E-state index in [0.29, 0.717) is 47.5 Å². The first-order chi connectivity index (χ1) is 21.4. The molecule has 1 unspecified atom stereocenters. The molecule has 0 radical (unpaired) electrons. The molecule has 0 spiro atoms. The molecule has 0 aliphatic heterocycles. The number of hydrogen-bond donors (Lipinski definition) is 4. The van der Waals surface area contributed by atoms with E-state index < -0.39 is 18.2 Å². The minimum atomic E-state index is -5.08. The number of aliphatic carboxylic acids is 1. The molecule has 1 aromatic heterocycles. The molecule has 0 saturated carbocycles. The van der Waals surface area contributed by atoms with Crippen LogP contribution in [0.5, 0.6) is 17.2 Å². The Bertz CT molecular complexity index is 1580. The van der Waals surface area contributed by atoms with Gasteiger partial charge >= 0.3 is 12.1 Å². The Morgan fingerprint density at radius 3 is 2.38 bits per heavy atom. The predicted molar refractivity (Wildman–Crippen MR) is 163 cm³/mol. The largest absolute Gasteiger partial charge is 0.490 e. The standard InChI is InChI=1S/C28H30N4O5S.C2HF3O2/c1-4-34-25-17-20(10-13-24(25)35-18(2)3)26(28(33)32-38-37-36-22-8-6-5-7-9-22)31-21-11-12-23-19(16-21)14-15-30-27(23)29;3-2(4,5)1(6)7/h5-18,26,31H,4H2,1-3H3,(H2,29,30)(H,32,33);(H,6,7). The van der Waals surface area contributed by atoms with Gasteiger partial charge < -0.3 is 30.5 Å². The number of hydrogen-bond acceptors (Lipinski definition) is 10. The maximum absolute atomic E-state index is 13.4. The summed E-state index contributed by atoms with van der Waals surface area (Å²) in [4.78, 5) is 31.6. The van der Waals surface area contributed by atoms with Crippen LogP contribution >= 0.6 is 12.2 Å². The first-order valence-electron chi connectivity index (χ1n) is 13.4. The lowest BCUT2D eigenvalue weighted by Crippen LogP contribution is -2.30. The molecule has 5 N–H and O–H groups in total. The van der Waals surface area contributed by atoms with Gasteiger partial charge in [-0.3, -0.25) is 9.52 Å². The summed E-state index contributed by atoms with van der Waals surface area (Å²) in [6.45, 7) is 6.23. The van der Waals surface area contributed by atoms with Gasteiger partial charge in [0.15, 0.2) is 29.5 Å². The number of carboxylic acids is 1. The van der Waals surface area contributed by atoms with Gasteiger partial charge in [-0.2, -0.15) is 13.2 Å². The molecule has 0 bridgehead atoms. The number of anilines is 2. The van der Waals surface area contributed by atoms with E-state index in [1.54, 1.807) is 30.5 Å². The number of carbonyl (C=O) groups is 2. The van der Waals surface area contributed by atoms with Crippen molar-refractivity contribution in [1.82, 2.24) is 9.71 Å². The summed E-state index contributed by atoms with van der Waals surface area (Å²) in [6.07, 6.45) is -3.47. The number of fused-ring (bicyclic) bond motifs is 1. The zero-order valence-corrected chi connectivity index (χ0v) is 25.1. The number of pyridine rings is 1. The van der Waals surface area contributed by atoms with Gasteiger partial charge in [-0.15, -0.1) is 0 Å². The van der Waals surface area contributed by atoms with Crippen LogP contribution in [-0.4, -0.2) is 40.9 Å². The molecule has 1 heterocycles. The van der Waals surface area contributed by atoms with E-state index in [2.05, 4.69) is 15.0 Å². The van der Waals surface area contributed by atoms with Crippen molar-refractivity contribution in [3.8, 4) is 17.2 Å². The van der Waals surface area contributed by atoms with Gasteiger partial charge in [0.1, 0.15) is 11.9 Å². The molecule has 0 fully saturated rings. The molecular weight excluding hydrogens is 617 g/mol. The van der Waals surface area contributed by atoms with Gasteiger partial charge in [-0.05, 0) is 80.3 Å². The van der Waals surface area contributed by atoms with Gasteiger partial charge in [-0.25, -0.2) is 9.78 Å². The van der Waals surface area contributed by atoms with Crippen LogP contribution in [0.2, 0.25) is 0 Å². The van der Waals surface area contributed by atoms with Gasteiger partial charge in [0, 0.05) is 17.3 Å². The van der Waals surface area contributed by atoms with Crippen molar-refractivity contribution in [1.29, 1.82) is 0 Å². The number of nitrogens with zero attached hydrogens (tertiary/aromatic N) is 1. The zero-order valence-electron chi connectivity index (χ0n) is 24.3. The zero-order chi connectivity index (χ0) is 33.0. The Kier molecular flexibility index (Phi) is 12.5. The van der Waals surface area contributed by atoms with Crippen LogP contribution in [0.15, 0.2) is 79.0 Å². The Labute approximate surface area is 261 Å². The molecule has 3 aromatic carbocycles. The molecule has 45 heavy (non-hydrogen) atoms. The van der Waals surface area contributed by atoms with Crippen LogP contribution in [0.25, 0.3) is 10.8 Å². The number of carbonyl (C=O) groups excluding carboxylic acids is 1.